The Hall–Kier alpha value is -0.700. The Bertz CT molecular complexity index is 242. The topological polar surface area (TPSA) is 32.9 Å². The highest BCUT2D eigenvalue weighted by Crippen LogP contribution is 2.17. The van der Waals surface area contributed by atoms with E-state index in [0.717, 1.165) is 10.6 Å². The molecular formula is C7H9NOS. The number of hydrogen-bond acceptors (Lipinski definition) is 2. The SMILES string of the molecule is CSc1[nH]ccc1C(C)=O. The van der Waals surface area contributed by atoms with Gasteiger partial charge in [0.05, 0.1) is 5.03 Å². The van der Waals surface area contributed by atoms with Crippen LogP contribution in [-0.4, -0.2) is 17.0 Å². The quantitative estimate of drug-likeness (QED) is 0.523. The highest BCUT2D eigenvalue weighted by atomic mass is 32.2. The first kappa shape index (κ1) is 7.41. The minimum Gasteiger partial charge on any atom is -0.356 e. The lowest BCUT2D eigenvalue weighted by atomic mass is 10.2. The summed E-state index contributed by atoms with van der Waals surface area (Å²) in [5.74, 6) is 0.116. The number of carbonyl (C=O) groups is 1. The Labute approximate surface area is 64.0 Å². The molecular weight excluding hydrogens is 146 g/mol. The van der Waals surface area contributed by atoms with Crippen molar-refractivity contribution in [1.82, 2.24) is 4.98 Å². The monoisotopic (exact) mass is 155 g/mol. The first-order valence-corrected chi connectivity index (χ1v) is 4.20. The molecule has 1 heterocycles. The van der Waals surface area contributed by atoms with Gasteiger partial charge in [-0.05, 0) is 19.2 Å². The van der Waals surface area contributed by atoms with Crippen LogP contribution in [-0.2, 0) is 0 Å². The molecule has 0 aliphatic heterocycles. The zero-order valence-corrected chi connectivity index (χ0v) is 6.79. The fourth-order valence-corrected chi connectivity index (χ4v) is 1.42. The number of Topliss-reactive ketones (excluding diaryl/α,β-unsaturated/α-hetero) is 1. The average Bonchev–Trinajstić information content (AvgIpc) is 2.33. The standard InChI is InChI=1S/C7H9NOS/c1-5(9)6-3-4-8-7(6)10-2/h3-4,8H,1-2H3. The number of rotatable bonds is 2. The van der Waals surface area contributed by atoms with Gasteiger partial charge in [0.15, 0.2) is 5.78 Å². The van der Waals surface area contributed by atoms with Crippen molar-refractivity contribution in [2.45, 2.75) is 11.9 Å². The second-order valence-corrected chi connectivity index (χ2v) is 2.80. The summed E-state index contributed by atoms with van der Waals surface area (Å²) in [6.07, 6.45) is 3.72. The largest absolute Gasteiger partial charge is 0.356 e. The van der Waals surface area contributed by atoms with Gasteiger partial charge in [0.2, 0.25) is 0 Å². The van der Waals surface area contributed by atoms with Crippen LogP contribution in [0.15, 0.2) is 17.3 Å². The second kappa shape index (κ2) is 2.92. The van der Waals surface area contributed by atoms with Crippen molar-refractivity contribution >= 4 is 17.5 Å². The lowest BCUT2D eigenvalue weighted by molar-refractivity contribution is 0.101. The number of aromatic amines is 1. The van der Waals surface area contributed by atoms with E-state index in [4.69, 9.17) is 0 Å². The average molecular weight is 155 g/mol. The van der Waals surface area contributed by atoms with Crippen LogP contribution < -0.4 is 0 Å². The molecule has 0 fully saturated rings. The number of thioether (sulfide) groups is 1. The van der Waals surface area contributed by atoms with Gasteiger partial charge in [0.1, 0.15) is 0 Å². The maximum Gasteiger partial charge on any atom is 0.162 e. The molecule has 0 aliphatic rings. The molecule has 1 rings (SSSR count). The van der Waals surface area contributed by atoms with Gasteiger partial charge >= 0.3 is 0 Å². The van der Waals surface area contributed by atoms with Crippen LogP contribution in [0, 0.1) is 0 Å². The van der Waals surface area contributed by atoms with Crippen molar-refractivity contribution < 1.29 is 4.79 Å². The minimum absolute atomic E-state index is 0.116. The lowest BCUT2D eigenvalue weighted by Crippen LogP contribution is -1.90. The molecule has 1 aromatic rings. The zero-order chi connectivity index (χ0) is 7.56. The molecule has 0 radical (unpaired) electrons. The van der Waals surface area contributed by atoms with E-state index in [1.165, 1.54) is 0 Å². The van der Waals surface area contributed by atoms with Crippen LogP contribution in [0.4, 0.5) is 0 Å². The minimum atomic E-state index is 0.116. The van der Waals surface area contributed by atoms with Crippen molar-refractivity contribution in [2.24, 2.45) is 0 Å². The number of carbonyl (C=O) groups excluding carboxylic acids is 1. The molecule has 0 aliphatic carbocycles. The lowest BCUT2D eigenvalue weighted by Gasteiger charge is -1.92. The van der Waals surface area contributed by atoms with E-state index < -0.39 is 0 Å². The number of nitrogens with one attached hydrogen (secondary N) is 1. The third-order valence-electron chi connectivity index (χ3n) is 1.29. The maximum atomic E-state index is 10.9. The second-order valence-electron chi connectivity index (χ2n) is 1.98. The predicted octanol–water partition coefficient (Wildman–Crippen LogP) is 1.94. The molecule has 10 heavy (non-hydrogen) atoms. The first-order valence-electron chi connectivity index (χ1n) is 2.98. The van der Waals surface area contributed by atoms with Crippen LogP contribution in [0.5, 0.6) is 0 Å². The first-order chi connectivity index (χ1) is 4.75. The summed E-state index contributed by atoms with van der Waals surface area (Å²) in [7, 11) is 0. The third-order valence-corrected chi connectivity index (χ3v) is 2.04. The maximum absolute atomic E-state index is 10.9. The van der Waals surface area contributed by atoms with E-state index in [-0.39, 0.29) is 5.78 Å². The van der Waals surface area contributed by atoms with Crippen LogP contribution in [0.3, 0.4) is 0 Å². The van der Waals surface area contributed by atoms with Crippen molar-refractivity contribution in [3.05, 3.63) is 17.8 Å². The van der Waals surface area contributed by atoms with E-state index in [2.05, 4.69) is 4.98 Å². The van der Waals surface area contributed by atoms with Crippen LogP contribution in [0.1, 0.15) is 17.3 Å². The molecule has 1 aromatic heterocycles. The highest BCUT2D eigenvalue weighted by molar-refractivity contribution is 7.98. The molecule has 54 valence electrons. The molecule has 0 aromatic carbocycles. The zero-order valence-electron chi connectivity index (χ0n) is 5.97. The summed E-state index contributed by atoms with van der Waals surface area (Å²) in [6.45, 7) is 1.57. The Morgan fingerprint density at radius 3 is 2.80 bits per heavy atom. The van der Waals surface area contributed by atoms with Crippen molar-refractivity contribution in [1.29, 1.82) is 0 Å². The van der Waals surface area contributed by atoms with Gasteiger partial charge in [0.25, 0.3) is 0 Å². The number of hydrogen-bond donors (Lipinski definition) is 1. The Balaban J connectivity index is 3.01. The number of H-pyrrole nitrogens is 1. The van der Waals surface area contributed by atoms with Gasteiger partial charge in [-0.15, -0.1) is 11.8 Å². The summed E-state index contributed by atoms with van der Waals surface area (Å²) < 4.78 is 0. The normalized spacial score (nSPS) is 9.80. The van der Waals surface area contributed by atoms with E-state index in [1.54, 1.807) is 30.9 Å². The predicted molar refractivity (Wildman–Crippen MR) is 42.6 cm³/mol. The summed E-state index contributed by atoms with van der Waals surface area (Å²) >= 11 is 1.55. The van der Waals surface area contributed by atoms with E-state index in [1.807, 2.05) is 6.26 Å². The van der Waals surface area contributed by atoms with Crippen LogP contribution in [0.2, 0.25) is 0 Å². The Morgan fingerprint density at radius 2 is 2.40 bits per heavy atom. The summed E-state index contributed by atoms with van der Waals surface area (Å²) in [5.41, 5.74) is 0.785. The molecule has 0 bridgehead atoms. The van der Waals surface area contributed by atoms with Gasteiger partial charge < -0.3 is 4.98 Å². The summed E-state index contributed by atoms with van der Waals surface area (Å²) in [4.78, 5) is 13.8. The van der Waals surface area contributed by atoms with E-state index in [0.29, 0.717) is 0 Å². The number of ketones is 1. The molecule has 0 spiro atoms. The Morgan fingerprint density at radius 1 is 1.70 bits per heavy atom. The molecule has 0 saturated carbocycles. The van der Waals surface area contributed by atoms with Crippen molar-refractivity contribution in [3.8, 4) is 0 Å². The van der Waals surface area contributed by atoms with E-state index >= 15 is 0 Å². The molecule has 3 heteroatoms. The van der Waals surface area contributed by atoms with Gasteiger partial charge in [0, 0.05) is 11.8 Å². The highest BCUT2D eigenvalue weighted by Gasteiger charge is 2.05. The van der Waals surface area contributed by atoms with Crippen LogP contribution >= 0.6 is 11.8 Å². The molecule has 0 amide bonds. The molecule has 0 unspecified atom stereocenters. The fraction of sp³-hybridized carbons (Fsp3) is 0.286. The summed E-state index contributed by atoms with van der Waals surface area (Å²) in [5, 5.41) is 0.951. The van der Waals surface area contributed by atoms with Crippen molar-refractivity contribution in [2.75, 3.05) is 6.26 Å². The molecule has 0 saturated heterocycles. The van der Waals surface area contributed by atoms with Gasteiger partial charge in [-0.25, -0.2) is 0 Å². The summed E-state index contributed by atoms with van der Waals surface area (Å²) in [6, 6.07) is 1.80. The molecule has 0 atom stereocenters. The fourth-order valence-electron chi connectivity index (χ4n) is 0.800. The number of aromatic nitrogens is 1. The van der Waals surface area contributed by atoms with Gasteiger partial charge in [-0.1, -0.05) is 0 Å². The molecule has 2 nitrogen and oxygen atoms in total. The van der Waals surface area contributed by atoms with Gasteiger partial charge in [-0.2, -0.15) is 0 Å². The van der Waals surface area contributed by atoms with Crippen LogP contribution in [0.25, 0.3) is 0 Å². The van der Waals surface area contributed by atoms with E-state index in [9.17, 15) is 4.79 Å². The smallest absolute Gasteiger partial charge is 0.162 e. The van der Waals surface area contributed by atoms with Gasteiger partial charge in [-0.3, -0.25) is 4.79 Å². The van der Waals surface area contributed by atoms with Crippen molar-refractivity contribution in [3.63, 3.8) is 0 Å². The molecule has 1 N–H and O–H groups in total. The third kappa shape index (κ3) is 1.24. The Kier molecular flexibility index (Phi) is 2.17.